The van der Waals surface area contributed by atoms with Crippen LogP contribution in [0.3, 0.4) is 0 Å². The van der Waals surface area contributed by atoms with E-state index < -0.39 is 0 Å². The fraction of sp³-hybridized carbons (Fsp3) is 1.00. The molecule has 4 bridgehead atoms. The molecule has 4 rings (SSSR count). The summed E-state index contributed by atoms with van der Waals surface area (Å²) < 4.78 is 0. The zero-order valence-corrected chi connectivity index (χ0v) is 11.1. The van der Waals surface area contributed by atoms with Gasteiger partial charge in [-0.3, -0.25) is 0 Å². The number of nitrogens with zero attached hydrogens (tertiary/aromatic N) is 1. The van der Waals surface area contributed by atoms with Crippen LogP contribution in [-0.2, 0) is 0 Å². The van der Waals surface area contributed by atoms with Crippen molar-refractivity contribution in [2.45, 2.75) is 75.5 Å². The first-order valence-electron chi connectivity index (χ1n) is 7.77. The van der Waals surface area contributed by atoms with Crippen LogP contribution in [0.5, 0.6) is 0 Å². The zero-order valence-electron chi connectivity index (χ0n) is 11.1. The summed E-state index contributed by atoms with van der Waals surface area (Å²) in [6, 6.07) is 3.52. The van der Waals surface area contributed by atoms with Gasteiger partial charge in [0.05, 0.1) is 0 Å². The lowest BCUT2D eigenvalue weighted by atomic mass is 9.91. The molecule has 4 fully saturated rings. The third-order valence-electron chi connectivity index (χ3n) is 6.29. The van der Waals surface area contributed by atoms with E-state index in [9.17, 15) is 0 Å². The van der Waals surface area contributed by atoms with E-state index in [0.29, 0.717) is 0 Å². The van der Waals surface area contributed by atoms with E-state index in [1.807, 2.05) is 0 Å². The monoisotopic (exact) mass is 234 g/mol. The fourth-order valence-electron chi connectivity index (χ4n) is 5.30. The Labute approximate surface area is 105 Å². The minimum absolute atomic E-state index is 0.841. The average molecular weight is 234 g/mol. The Bertz CT molecular complexity index is 289. The predicted molar refractivity (Wildman–Crippen MR) is 70.0 cm³/mol. The highest BCUT2D eigenvalue weighted by molar-refractivity contribution is 5.00. The largest absolute Gasteiger partial charge is 0.311 e. The van der Waals surface area contributed by atoms with Crippen LogP contribution in [0.4, 0.5) is 0 Å². The summed E-state index contributed by atoms with van der Waals surface area (Å²) in [5, 5.41) is 4.04. The van der Waals surface area contributed by atoms with Crippen molar-refractivity contribution < 1.29 is 0 Å². The van der Waals surface area contributed by atoms with Gasteiger partial charge >= 0.3 is 0 Å². The van der Waals surface area contributed by atoms with Gasteiger partial charge in [-0.25, -0.2) is 0 Å². The second-order valence-electron chi connectivity index (χ2n) is 7.17. The van der Waals surface area contributed by atoms with Crippen LogP contribution in [-0.4, -0.2) is 36.1 Å². The molecule has 2 saturated heterocycles. The van der Waals surface area contributed by atoms with Crippen molar-refractivity contribution in [3.63, 3.8) is 0 Å². The van der Waals surface area contributed by atoms with E-state index in [0.717, 1.165) is 36.0 Å². The molecule has 2 aliphatic heterocycles. The van der Waals surface area contributed by atoms with E-state index in [-0.39, 0.29) is 0 Å². The van der Waals surface area contributed by atoms with Crippen molar-refractivity contribution >= 4 is 0 Å². The van der Waals surface area contributed by atoms with Gasteiger partial charge in [-0.2, -0.15) is 0 Å². The first-order valence-corrected chi connectivity index (χ1v) is 7.77. The molecule has 1 N–H and O–H groups in total. The molecule has 0 amide bonds. The van der Waals surface area contributed by atoms with Crippen molar-refractivity contribution in [1.29, 1.82) is 0 Å². The molecule has 0 radical (unpaired) electrons. The topological polar surface area (TPSA) is 15.3 Å². The summed E-state index contributed by atoms with van der Waals surface area (Å²) in [6.45, 7) is 0. The van der Waals surface area contributed by atoms with Crippen LogP contribution in [0.1, 0.15) is 51.4 Å². The highest BCUT2D eigenvalue weighted by Crippen LogP contribution is 2.45. The Balaban J connectivity index is 1.38. The first-order chi connectivity index (χ1) is 8.29. The van der Waals surface area contributed by atoms with Gasteiger partial charge in [0, 0.05) is 24.2 Å². The SMILES string of the molecule is CN1C2CCC1CC(NC1CC3CCC1C3)C2. The van der Waals surface area contributed by atoms with E-state index in [1.165, 1.54) is 51.4 Å². The van der Waals surface area contributed by atoms with E-state index >= 15 is 0 Å². The molecule has 0 aromatic rings. The predicted octanol–water partition coefficient (Wildman–Crippen LogP) is 2.39. The third kappa shape index (κ3) is 1.76. The minimum Gasteiger partial charge on any atom is -0.311 e. The smallest absolute Gasteiger partial charge is 0.0111 e. The molecule has 2 saturated carbocycles. The van der Waals surface area contributed by atoms with Gasteiger partial charge in [0.2, 0.25) is 0 Å². The van der Waals surface area contributed by atoms with Crippen LogP contribution in [0.15, 0.2) is 0 Å². The van der Waals surface area contributed by atoms with Crippen LogP contribution in [0, 0.1) is 11.8 Å². The van der Waals surface area contributed by atoms with Gasteiger partial charge in [-0.05, 0) is 63.8 Å². The van der Waals surface area contributed by atoms with Crippen molar-refractivity contribution in [2.24, 2.45) is 11.8 Å². The molecule has 96 valence electrons. The van der Waals surface area contributed by atoms with Crippen molar-refractivity contribution in [2.75, 3.05) is 7.05 Å². The summed E-state index contributed by atoms with van der Waals surface area (Å²) in [6.07, 6.45) is 11.8. The number of hydrogen-bond acceptors (Lipinski definition) is 2. The molecule has 2 heterocycles. The van der Waals surface area contributed by atoms with Crippen LogP contribution in [0.25, 0.3) is 0 Å². The second kappa shape index (κ2) is 3.96. The summed E-state index contributed by atoms with van der Waals surface area (Å²) >= 11 is 0. The summed E-state index contributed by atoms with van der Waals surface area (Å²) in [5.74, 6) is 2.12. The maximum Gasteiger partial charge on any atom is 0.0111 e. The standard InChI is InChI=1S/C15H26N2/c1-17-13-4-5-14(17)9-12(8-13)16-15-7-10-2-3-11(15)6-10/h10-16H,2-9H2,1H3. The summed E-state index contributed by atoms with van der Waals surface area (Å²) in [4.78, 5) is 2.65. The van der Waals surface area contributed by atoms with E-state index in [2.05, 4.69) is 17.3 Å². The molecule has 0 aromatic heterocycles. The zero-order chi connectivity index (χ0) is 11.4. The number of rotatable bonds is 2. The Morgan fingerprint density at radius 3 is 2.24 bits per heavy atom. The molecule has 0 aromatic carbocycles. The second-order valence-corrected chi connectivity index (χ2v) is 7.17. The number of fused-ring (bicyclic) bond motifs is 4. The normalized spacial score (nSPS) is 53.5. The Morgan fingerprint density at radius 2 is 1.65 bits per heavy atom. The van der Waals surface area contributed by atoms with Crippen LogP contribution >= 0.6 is 0 Å². The average Bonchev–Trinajstić information content (AvgIpc) is 2.95. The molecule has 2 aliphatic carbocycles. The molecule has 5 atom stereocenters. The van der Waals surface area contributed by atoms with Gasteiger partial charge in [0.15, 0.2) is 0 Å². The van der Waals surface area contributed by atoms with Gasteiger partial charge < -0.3 is 10.2 Å². The maximum atomic E-state index is 4.04. The summed E-state index contributed by atoms with van der Waals surface area (Å²) in [7, 11) is 2.34. The van der Waals surface area contributed by atoms with Crippen LogP contribution in [0.2, 0.25) is 0 Å². The number of piperidine rings is 1. The van der Waals surface area contributed by atoms with Crippen molar-refractivity contribution in [3.05, 3.63) is 0 Å². The Kier molecular flexibility index (Phi) is 2.52. The summed E-state index contributed by atoms with van der Waals surface area (Å²) in [5.41, 5.74) is 0. The number of nitrogens with one attached hydrogen (secondary N) is 1. The first kappa shape index (κ1) is 10.8. The fourth-order valence-corrected chi connectivity index (χ4v) is 5.30. The van der Waals surface area contributed by atoms with Gasteiger partial charge in [-0.15, -0.1) is 0 Å². The highest BCUT2D eigenvalue weighted by Gasteiger charge is 2.43. The molecular formula is C15H26N2. The van der Waals surface area contributed by atoms with Gasteiger partial charge in [0.25, 0.3) is 0 Å². The van der Waals surface area contributed by atoms with Gasteiger partial charge in [0.1, 0.15) is 0 Å². The van der Waals surface area contributed by atoms with Gasteiger partial charge in [-0.1, -0.05) is 6.42 Å². The Hall–Kier alpha value is -0.0800. The maximum absolute atomic E-state index is 4.04. The molecule has 4 aliphatic rings. The molecule has 17 heavy (non-hydrogen) atoms. The quantitative estimate of drug-likeness (QED) is 0.789. The lowest BCUT2D eigenvalue weighted by molar-refractivity contribution is 0.137. The Morgan fingerprint density at radius 1 is 0.882 bits per heavy atom. The third-order valence-corrected chi connectivity index (χ3v) is 6.29. The molecule has 0 spiro atoms. The minimum atomic E-state index is 0.841. The molecule has 2 nitrogen and oxygen atoms in total. The number of hydrogen-bond donors (Lipinski definition) is 1. The van der Waals surface area contributed by atoms with Crippen molar-refractivity contribution in [3.8, 4) is 0 Å². The highest BCUT2D eigenvalue weighted by atomic mass is 15.2. The van der Waals surface area contributed by atoms with Crippen molar-refractivity contribution in [1.82, 2.24) is 10.2 Å². The molecule has 5 unspecified atom stereocenters. The van der Waals surface area contributed by atoms with E-state index in [4.69, 9.17) is 0 Å². The lowest BCUT2D eigenvalue weighted by Gasteiger charge is -2.39. The van der Waals surface area contributed by atoms with E-state index in [1.54, 1.807) is 0 Å². The molecule has 2 heteroatoms. The van der Waals surface area contributed by atoms with Crippen LogP contribution < -0.4 is 5.32 Å². The molecular weight excluding hydrogens is 208 g/mol. The lowest BCUT2D eigenvalue weighted by Crippen LogP contribution is -2.50.